The van der Waals surface area contributed by atoms with Gasteiger partial charge in [-0.05, 0) is 58.8 Å². The van der Waals surface area contributed by atoms with Crippen molar-refractivity contribution in [1.82, 2.24) is 30.1 Å². The maximum Gasteiger partial charge on any atom is 0.252 e. The normalized spacial score (nSPS) is 12.5. The molecule has 0 aliphatic carbocycles. The Balaban J connectivity index is 1.67. The molecular formula is C26H32N6O2. The lowest BCUT2D eigenvalue weighted by molar-refractivity contribution is 0.158. The van der Waals surface area contributed by atoms with Gasteiger partial charge in [0, 0.05) is 31.3 Å². The summed E-state index contributed by atoms with van der Waals surface area (Å²) >= 11 is 0. The number of hydrogen-bond donors (Lipinski definition) is 1. The highest BCUT2D eigenvalue weighted by molar-refractivity contribution is 5.79. The average Bonchev–Trinajstić information content (AvgIpc) is 3.30. The number of ether oxygens (including phenoxy) is 1. The van der Waals surface area contributed by atoms with Crippen molar-refractivity contribution < 1.29 is 4.74 Å². The second-order valence-electron chi connectivity index (χ2n) is 8.60. The van der Waals surface area contributed by atoms with Gasteiger partial charge in [-0.2, -0.15) is 0 Å². The number of aryl methyl sites for hydroxylation is 1. The molecule has 4 rings (SSSR count). The molecule has 2 aromatic carbocycles. The topological polar surface area (TPSA) is 88.9 Å². The van der Waals surface area contributed by atoms with E-state index in [2.05, 4.69) is 68.7 Å². The maximum atomic E-state index is 13.0. The highest BCUT2D eigenvalue weighted by atomic mass is 16.5. The predicted molar refractivity (Wildman–Crippen MR) is 133 cm³/mol. The molecule has 178 valence electrons. The fourth-order valence-electron chi connectivity index (χ4n) is 4.35. The summed E-state index contributed by atoms with van der Waals surface area (Å²) in [4.78, 5) is 18.4. The second-order valence-corrected chi connectivity index (χ2v) is 8.60. The molecule has 0 spiro atoms. The van der Waals surface area contributed by atoms with Crippen molar-refractivity contribution in [2.24, 2.45) is 0 Å². The van der Waals surface area contributed by atoms with E-state index in [1.165, 1.54) is 5.56 Å². The molecule has 0 fully saturated rings. The van der Waals surface area contributed by atoms with E-state index >= 15 is 0 Å². The Hall–Kier alpha value is -3.36. The first-order valence-electron chi connectivity index (χ1n) is 11.7. The van der Waals surface area contributed by atoms with Crippen molar-refractivity contribution in [3.05, 3.63) is 87.5 Å². The molecule has 0 saturated carbocycles. The molecule has 4 aromatic rings. The molecule has 0 radical (unpaired) electrons. The summed E-state index contributed by atoms with van der Waals surface area (Å²) in [6.07, 6.45) is 1.68. The third-order valence-corrected chi connectivity index (χ3v) is 6.17. The van der Waals surface area contributed by atoms with Crippen LogP contribution in [0, 0.1) is 6.92 Å². The van der Waals surface area contributed by atoms with Gasteiger partial charge in [0.05, 0.1) is 19.2 Å². The molecule has 34 heavy (non-hydrogen) atoms. The third-order valence-electron chi connectivity index (χ3n) is 6.17. The fourth-order valence-corrected chi connectivity index (χ4v) is 4.35. The minimum Gasteiger partial charge on any atom is -0.383 e. The molecule has 0 aliphatic rings. The lowest BCUT2D eigenvalue weighted by Gasteiger charge is -2.30. The van der Waals surface area contributed by atoms with Gasteiger partial charge in [0.1, 0.15) is 0 Å². The smallest absolute Gasteiger partial charge is 0.252 e. The number of benzene rings is 2. The SMILES string of the molecule is CC[C@H](c1nnnn1CCOC)N(CCc1ccccc1)Cc1cc2ccc(C)cc2[nH]c1=O. The largest absolute Gasteiger partial charge is 0.383 e. The molecule has 2 heterocycles. The van der Waals surface area contributed by atoms with Crippen LogP contribution in [-0.2, 0) is 24.2 Å². The number of methoxy groups -OCH3 is 1. The van der Waals surface area contributed by atoms with E-state index in [1.807, 2.05) is 25.1 Å². The summed E-state index contributed by atoms with van der Waals surface area (Å²) in [5.74, 6) is 0.792. The maximum absolute atomic E-state index is 13.0. The van der Waals surface area contributed by atoms with E-state index in [1.54, 1.807) is 11.8 Å². The van der Waals surface area contributed by atoms with Crippen LogP contribution in [-0.4, -0.2) is 50.4 Å². The van der Waals surface area contributed by atoms with Crippen LogP contribution < -0.4 is 5.56 Å². The number of pyridine rings is 1. The number of rotatable bonds is 11. The summed E-state index contributed by atoms with van der Waals surface area (Å²) in [6, 6.07) is 18.5. The Labute approximate surface area is 199 Å². The Morgan fingerprint density at radius 3 is 2.74 bits per heavy atom. The first-order valence-corrected chi connectivity index (χ1v) is 11.7. The van der Waals surface area contributed by atoms with Crippen molar-refractivity contribution in [3.63, 3.8) is 0 Å². The summed E-state index contributed by atoms with van der Waals surface area (Å²) in [6.45, 7) is 6.53. The number of aromatic amines is 1. The van der Waals surface area contributed by atoms with Crippen LogP contribution in [0.25, 0.3) is 10.9 Å². The molecule has 0 aliphatic heterocycles. The zero-order valence-corrected chi connectivity index (χ0v) is 20.1. The number of nitrogens with one attached hydrogen (secondary N) is 1. The minimum absolute atomic E-state index is 0.0383. The number of tetrazole rings is 1. The lowest BCUT2D eigenvalue weighted by atomic mass is 10.1. The van der Waals surface area contributed by atoms with E-state index in [-0.39, 0.29) is 11.6 Å². The quantitative estimate of drug-likeness (QED) is 0.367. The molecule has 2 aromatic heterocycles. The van der Waals surface area contributed by atoms with Crippen molar-refractivity contribution in [2.45, 2.75) is 45.8 Å². The van der Waals surface area contributed by atoms with Gasteiger partial charge in [-0.25, -0.2) is 4.68 Å². The van der Waals surface area contributed by atoms with Crippen molar-refractivity contribution >= 4 is 10.9 Å². The van der Waals surface area contributed by atoms with Gasteiger partial charge in [-0.3, -0.25) is 9.69 Å². The fraction of sp³-hybridized carbons (Fsp3) is 0.385. The molecule has 0 unspecified atom stereocenters. The summed E-state index contributed by atoms with van der Waals surface area (Å²) < 4.78 is 7.04. The molecular weight excluding hydrogens is 428 g/mol. The number of aromatic nitrogens is 5. The zero-order valence-electron chi connectivity index (χ0n) is 20.1. The number of nitrogens with zero attached hydrogens (tertiary/aromatic N) is 5. The lowest BCUT2D eigenvalue weighted by Crippen LogP contribution is -2.34. The van der Waals surface area contributed by atoms with E-state index in [0.717, 1.165) is 47.2 Å². The van der Waals surface area contributed by atoms with Crippen LogP contribution in [0.2, 0.25) is 0 Å². The van der Waals surface area contributed by atoms with Crippen molar-refractivity contribution in [3.8, 4) is 0 Å². The first-order chi connectivity index (χ1) is 16.6. The number of fused-ring (bicyclic) bond motifs is 1. The van der Waals surface area contributed by atoms with Crippen LogP contribution in [0.3, 0.4) is 0 Å². The monoisotopic (exact) mass is 460 g/mol. The molecule has 1 atom stereocenters. The third kappa shape index (κ3) is 5.58. The van der Waals surface area contributed by atoms with Gasteiger partial charge in [-0.15, -0.1) is 5.10 Å². The van der Waals surface area contributed by atoms with Gasteiger partial charge in [-0.1, -0.05) is 49.4 Å². The number of H-pyrrole nitrogens is 1. The highest BCUT2D eigenvalue weighted by Gasteiger charge is 2.25. The zero-order chi connectivity index (χ0) is 23.9. The molecule has 0 bridgehead atoms. The van der Waals surface area contributed by atoms with Crippen molar-refractivity contribution in [2.75, 3.05) is 20.3 Å². The molecule has 8 nitrogen and oxygen atoms in total. The summed E-state index contributed by atoms with van der Waals surface area (Å²) in [5, 5.41) is 13.5. The predicted octanol–water partition coefficient (Wildman–Crippen LogP) is 3.67. The van der Waals surface area contributed by atoms with Crippen LogP contribution in [0.15, 0.2) is 59.4 Å². The summed E-state index contributed by atoms with van der Waals surface area (Å²) in [5.41, 5.74) is 3.91. The van der Waals surface area contributed by atoms with E-state index < -0.39 is 0 Å². The molecule has 0 amide bonds. The minimum atomic E-state index is -0.0587. The highest BCUT2D eigenvalue weighted by Crippen LogP contribution is 2.25. The molecule has 0 saturated heterocycles. The van der Waals surface area contributed by atoms with Gasteiger partial charge < -0.3 is 9.72 Å². The van der Waals surface area contributed by atoms with Crippen molar-refractivity contribution in [1.29, 1.82) is 0 Å². The van der Waals surface area contributed by atoms with Crippen LogP contribution in [0.4, 0.5) is 0 Å². The van der Waals surface area contributed by atoms with E-state index in [9.17, 15) is 4.79 Å². The Bertz CT molecular complexity index is 1270. The molecule has 1 N–H and O–H groups in total. The van der Waals surface area contributed by atoms with Gasteiger partial charge in [0.2, 0.25) is 0 Å². The summed E-state index contributed by atoms with van der Waals surface area (Å²) in [7, 11) is 1.67. The van der Waals surface area contributed by atoms with E-state index in [0.29, 0.717) is 19.7 Å². The van der Waals surface area contributed by atoms with Gasteiger partial charge >= 0.3 is 0 Å². The van der Waals surface area contributed by atoms with Crippen LogP contribution in [0.5, 0.6) is 0 Å². The van der Waals surface area contributed by atoms with Crippen LogP contribution >= 0.6 is 0 Å². The standard InChI is InChI=1S/C26H32N6O2/c1-4-24(25-28-29-30-32(25)14-15-34-3)31(13-12-20-8-6-5-7-9-20)18-22-17-21-11-10-19(2)16-23(21)27-26(22)33/h5-11,16-17,24H,4,12-15,18H2,1-3H3,(H,27,33)/t24-/m1/s1. The Kier molecular flexibility index (Phi) is 7.82. The van der Waals surface area contributed by atoms with Crippen LogP contribution in [0.1, 0.15) is 41.9 Å². The Morgan fingerprint density at radius 1 is 1.15 bits per heavy atom. The van der Waals surface area contributed by atoms with E-state index in [4.69, 9.17) is 4.74 Å². The first kappa shape index (κ1) is 23.8. The van der Waals surface area contributed by atoms with Gasteiger partial charge in [0.15, 0.2) is 5.82 Å². The second kappa shape index (κ2) is 11.2. The number of hydrogen-bond acceptors (Lipinski definition) is 6. The molecule has 8 heteroatoms. The van der Waals surface area contributed by atoms with Gasteiger partial charge in [0.25, 0.3) is 5.56 Å². The Morgan fingerprint density at radius 2 is 1.97 bits per heavy atom. The average molecular weight is 461 g/mol.